The maximum Gasteiger partial charge on any atom is 0.348 e. The lowest BCUT2D eigenvalue weighted by Crippen LogP contribution is -2.34. The molecule has 0 saturated heterocycles. The molecule has 1 N–H and O–H groups in total. The molecular weight excluding hydrogens is 521 g/mol. The van der Waals surface area contributed by atoms with Crippen LogP contribution in [0.15, 0.2) is 97.6 Å². The summed E-state index contributed by atoms with van der Waals surface area (Å²) in [6.07, 6.45) is 1.53. The van der Waals surface area contributed by atoms with Crippen LogP contribution in [0.2, 0.25) is 0 Å². The molecule has 0 bridgehead atoms. The van der Waals surface area contributed by atoms with Crippen LogP contribution < -0.4 is 9.61 Å². The number of nitrogens with one attached hydrogen (secondary N) is 1. The van der Waals surface area contributed by atoms with Gasteiger partial charge in [0.25, 0.3) is 0 Å². The zero-order valence-electron chi connectivity index (χ0n) is 20.9. The Labute approximate surface area is 225 Å². The van der Waals surface area contributed by atoms with Gasteiger partial charge in [-0.2, -0.15) is 0 Å². The number of hydrogen-bond donors (Lipinski definition) is 1. The van der Waals surface area contributed by atoms with Crippen molar-refractivity contribution in [3.8, 4) is 5.75 Å². The van der Waals surface area contributed by atoms with Crippen molar-refractivity contribution in [1.29, 1.82) is 0 Å². The first kappa shape index (κ1) is 27.3. The van der Waals surface area contributed by atoms with Crippen LogP contribution in [-0.4, -0.2) is 24.6 Å². The van der Waals surface area contributed by atoms with E-state index in [1.54, 1.807) is 37.3 Å². The third-order valence-corrected chi connectivity index (χ3v) is 8.63. The van der Waals surface area contributed by atoms with Crippen molar-refractivity contribution in [2.75, 3.05) is 6.61 Å². The first-order valence-corrected chi connectivity index (χ1v) is 14.6. The number of para-hydroxylation sites is 1. The number of carbonyl (C=O) groups excluding carboxylic acids is 2. The maximum absolute atomic E-state index is 14.1. The molecule has 0 spiro atoms. The molecule has 0 aliphatic rings. The number of thiophene rings is 1. The summed E-state index contributed by atoms with van der Waals surface area (Å²) in [4.78, 5) is 25.4. The van der Waals surface area contributed by atoms with Gasteiger partial charge in [-0.3, -0.25) is 9.36 Å². The molecule has 0 radical (unpaired) electrons. The highest BCUT2D eigenvalue weighted by molar-refractivity contribution is 7.56. The average Bonchev–Trinajstić information content (AvgIpc) is 3.35. The molecule has 1 unspecified atom stereocenters. The second-order valence-corrected chi connectivity index (χ2v) is 11.7. The SMILES string of the molecule is C=CCOC(=O)c1cc2cc(CP(=O)(N[C@@H](C)C(=O)OCc3ccccc3)Oc3ccccc3)ccc2s1. The number of carbonyl (C=O) groups is 2. The van der Waals surface area contributed by atoms with Crippen LogP contribution in [0, 0.1) is 0 Å². The highest BCUT2D eigenvalue weighted by atomic mass is 32.1. The van der Waals surface area contributed by atoms with E-state index in [0.717, 1.165) is 21.2 Å². The fourth-order valence-electron chi connectivity index (χ4n) is 3.70. The van der Waals surface area contributed by atoms with Crippen molar-refractivity contribution < 1.29 is 28.2 Å². The second-order valence-electron chi connectivity index (χ2n) is 8.55. The maximum atomic E-state index is 14.1. The first-order valence-electron chi connectivity index (χ1n) is 12.0. The van der Waals surface area contributed by atoms with E-state index in [1.165, 1.54) is 17.4 Å². The minimum absolute atomic E-state index is 0.0141. The van der Waals surface area contributed by atoms with Gasteiger partial charge >= 0.3 is 19.5 Å². The lowest BCUT2D eigenvalue weighted by Gasteiger charge is -2.24. The fraction of sp³-hybridized carbons (Fsp3) is 0.172. The van der Waals surface area contributed by atoms with Gasteiger partial charge in [0, 0.05) is 4.70 Å². The molecule has 0 aliphatic carbocycles. The minimum atomic E-state index is -3.62. The van der Waals surface area contributed by atoms with Gasteiger partial charge in [0.2, 0.25) is 0 Å². The van der Waals surface area contributed by atoms with Crippen molar-refractivity contribution in [3.05, 3.63) is 114 Å². The number of fused-ring (bicyclic) bond motifs is 1. The summed E-state index contributed by atoms with van der Waals surface area (Å²) in [7, 11) is -3.62. The van der Waals surface area contributed by atoms with Crippen LogP contribution in [0.3, 0.4) is 0 Å². The van der Waals surface area contributed by atoms with Gasteiger partial charge < -0.3 is 14.0 Å². The number of esters is 2. The van der Waals surface area contributed by atoms with Crippen LogP contribution in [0.5, 0.6) is 5.75 Å². The quantitative estimate of drug-likeness (QED) is 0.119. The van der Waals surface area contributed by atoms with Gasteiger partial charge in [0.15, 0.2) is 0 Å². The highest BCUT2D eigenvalue weighted by Gasteiger charge is 2.31. The molecule has 4 aromatic rings. The summed E-state index contributed by atoms with van der Waals surface area (Å²) in [5, 5.41) is 3.72. The normalized spacial score (nSPS) is 13.3. The van der Waals surface area contributed by atoms with Crippen LogP contribution in [0.4, 0.5) is 0 Å². The van der Waals surface area contributed by atoms with E-state index in [2.05, 4.69) is 11.7 Å². The van der Waals surface area contributed by atoms with Crippen LogP contribution in [0.25, 0.3) is 10.1 Å². The zero-order chi connectivity index (χ0) is 27.0. The molecule has 9 heteroatoms. The molecule has 0 saturated carbocycles. The van der Waals surface area contributed by atoms with E-state index in [1.807, 2.05) is 54.6 Å². The first-order chi connectivity index (χ1) is 18.3. The fourth-order valence-corrected chi connectivity index (χ4v) is 6.68. The zero-order valence-corrected chi connectivity index (χ0v) is 22.6. The van der Waals surface area contributed by atoms with E-state index in [-0.39, 0.29) is 19.4 Å². The number of rotatable bonds is 12. The summed E-state index contributed by atoms with van der Waals surface area (Å²) < 4.78 is 31.5. The third kappa shape index (κ3) is 7.42. The van der Waals surface area contributed by atoms with Gasteiger partial charge in [-0.05, 0) is 53.8 Å². The van der Waals surface area contributed by atoms with Crippen molar-refractivity contribution in [1.82, 2.24) is 5.09 Å². The smallest absolute Gasteiger partial charge is 0.348 e. The molecule has 1 heterocycles. The highest BCUT2D eigenvalue weighted by Crippen LogP contribution is 2.47. The largest absolute Gasteiger partial charge is 0.460 e. The molecule has 2 atom stereocenters. The Hall–Kier alpha value is -3.71. The molecule has 0 aliphatic heterocycles. The van der Waals surface area contributed by atoms with Gasteiger partial charge in [-0.1, -0.05) is 67.3 Å². The Morgan fingerprint density at radius 1 is 0.974 bits per heavy atom. The topological polar surface area (TPSA) is 90.9 Å². The third-order valence-electron chi connectivity index (χ3n) is 5.47. The summed E-state index contributed by atoms with van der Waals surface area (Å²) in [6.45, 7) is 5.40. The van der Waals surface area contributed by atoms with Gasteiger partial charge in [-0.25, -0.2) is 9.88 Å². The Balaban J connectivity index is 1.52. The molecule has 3 aromatic carbocycles. The summed E-state index contributed by atoms with van der Waals surface area (Å²) in [6, 6.07) is 24.6. The average molecular weight is 550 g/mol. The number of benzene rings is 3. The molecule has 4 rings (SSSR count). The number of ether oxygens (including phenoxy) is 2. The van der Waals surface area contributed by atoms with Crippen LogP contribution >= 0.6 is 18.9 Å². The van der Waals surface area contributed by atoms with Gasteiger partial charge in [0.1, 0.15) is 29.9 Å². The second kappa shape index (κ2) is 12.7. The Bertz CT molecular complexity index is 1450. The summed E-state index contributed by atoms with van der Waals surface area (Å²) in [5.41, 5.74) is 1.58. The summed E-state index contributed by atoms with van der Waals surface area (Å²) in [5.74, 6) is -0.547. The predicted molar refractivity (Wildman–Crippen MR) is 150 cm³/mol. The van der Waals surface area contributed by atoms with E-state index in [9.17, 15) is 14.2 Å². The van der Waals surface area contributed by atoms with Crippen molar-refractivity contribution in [2.24, 2.45) is 0 Å². The number of hydrogen-bond acceptors (Lipinski definition) is 7. The van der Waals surface area contributed by atoms with Gasteiger partial charge in [-0.15, -0.1) is 11.3 Å². The molecule has 1 aromatic heterocycles. The minimum Gasteiger partial charge on any atom is -0.460 e. The van der Waals surface area contributed by atoms with Crippen LogP contribution in [-0.2, 0) is 31.6 Å². The molecular formula is C29H28NO6PS. The van der Waals surface area contributed by atoms with Crippen molar-refractivity contribution in [3.63, 3.8) is 0 Å². The predicted octanol–water partition coefficient (Wildman–Crippen LogP) is 6.74. The van der Waals surface area contributed by atoms with Crippen molar-refractivity contribution in [2.45, 2.75) is 25.7 Å². The van der Waals surface area contributed by atoms with Gasteiger partial charge in [0.05, 0.1) is 6.16 Å². The van der Waals surface area contributed by atoms with E-state index in [0.29, 0.717) is 10.6 Å². The monoisotopic (exact) mass is 549 g/mol. The molecule has 7 nitrogen and oxygen atoms in total. The molecule has 0 fully saturated rings. The molecule has 38 heavy (non-hydrogen) atoms. The van der Waals surface area contributed by atoms with E-state index in [4.69, 9.17) is 14.0 Å². The molecule has 196 valence electrons. The Morgan fingerprint density at radius 3 is 2.39 bits per heavy atom. The Kier molecular flexibility index (Phi) is 9.13. The van der Waals surface area contributed by atoms with E-state index < -0.39 is 25.5 Å². The van der Waals surface area contributed by atoms with Crippen molar-refractivity contribution >= 4 is 40.9 Å². The van der Waals surface area contributed by atoms with E-state index >= 15 is 0 Å². The standard InChI is InChI=1S/C29H28NO6PS/c1-3-16-34-29(32)27-18-24-17-23(14-15-26(24)38-27)20-37(33,36-25-12-8-5-9-13-25)30-21(2)28(31)35-19-22-10-6-4-7-11-22/h3-15,17-18,21H,1,16,19-20H2,2H3,(H,30,33)/t21-,37?/m0/s1. The molecule has 0 amide bonds. The lowest BCUT2D eigenvalue weighted by atomic mass is 10.2. The Morgan fingerprint density at radius 2 is 1.68 bits per heavy atom. The van der Waals surface area contributed by atoms with Crippen LogP contribution in [0.1, 0.15) is 27.7 Å². The summed E-state index contributed by atoms with van der Waals surface area (Å²) >= 11 is 1.32. The lowest BCUT2D eigenvalue weighted by molar-refractivity contribution is -0.146.